The molecule has 0 aromatic carbocycles. The number of likely N-dealkylation sites (tertiary alicyclic amines) is 1. The molecular weight excluding hydrogens is 272 g/mol. The van der Waals surface area contributed by atoms with Crippen molar-refractivity contribution in [2.45, 2.75) is 26.3 Å². The first-order chi connectivity index (χ1) is 10.0. The Bertz CT molecular complexity index is 448. The molecule has 21 heavy (non-hydrogen) atoms. The number of carbonyl (C=O) groups is 2. The molecule has 1 saturated heterocycles. The maximum absolute atomic E-state index is 12.0. The van der Waals surface area contributed by atoms with E-state index in [2.05, 4.69) is 15.5 Å². The van der Waals surface area contributed by atoms with Crippen LogP contribution in [-0.4, -0.2) is 55.7 Å². The van der Waals surface area contributed by atoms with Gasteiger partial charge in [0.05, 0.1) is 18.7 Å². The van der Waals surface area contributed by atoms with Crippen LogP contribution in [0, 0.1) is 5.92 Å². The van der Waals surface area contributed by atoms with Gasteiger partial charge in [-0.2, -0.15) is 0 Å². The van der Waals surface area contributed by atoms with Crippen LogP contribution >= 0.6 is 0 Å². The van der Waals surface area contributed by atoms with Crippen molar-refractivity contribution in [2.75, 3.05) is 32.8 Å². The zero-order valence-electron chi connectivity index (χ0n) is 12.6. The molecule has 0 spiro atoms. The molecule has 2 aliphatic heterocycles. The third-order valence-corrected chi connectivity index (χ3v) is 4.01. The molecule has 2 unspecified atom stereocenters. The van der Waals surface area contributed by atoms with Gasteiger partial charge < -0.3 is 21.1 Å². The summed E-state index contributed by atoms with van der Waals surface area (Å²) in [5, 5.41) is 5.34. The number of carbonyl (C=O) groups excluding carboxylic acids is 2. The molecule has 0 aromatic heterocycles. The molecule has 0 aromatic rings. The Balaban J connectivity index is 2.06. The lowest BCUT2D eigenvalue weighted by molar-refractivity contribution is -0.138. The zero-order valence-corrected chi connectivity index (χ0v) is 12.6. The van der Waals surface area contributed by atoms with E-state index in [4.69, 9.17) is 10.5 Å². The van der Waals surface area contributed by atoms with E-state index in [0.29, 0.717) is 30.3 Å². The van der Waals surface area contributed by atoms with Crippen LogP contribution in [0.2, 0.25) is 0 Å². The number of nitrogens with zero attached hydrogens (tertiary/aromatic N) is 1. The fourth-order valence-corrected chi connectivity index (χ4v) is 2.74. The van der Waals surface area contributed by atoms with Gasteiger partial charge in [0.25, 0.3) is 0 Å². The van der Waals surface area contributed by atoms with Crippen LogP contribution in [0.5, 0.6) is 0 Å². The number of urea groups is 1. The molecule has 0 aliphatic carbocycles. The van der Waals surface area contributed by atoms with Crippen LogP contribution in [0.4, 0.5) is 4.79 Å². The van der Waals surface area contributed by atoms with Crippen LogP contribution in [0.1, 0.15) is 20.3 Å². The number of nitrogens with one attached hydrogen (secondary N) is 2. The van der Waals surface area contributed by atoms with Crippen molar-refractivity contribution in [3.63, 3.8) is 0 Å². The highest BCUT2D eigenvalue weighted by atomic mass is 16.5. The quantitative estimate of drug-likeness (QED) is 0.610. The Morgan fingerprint density at radius 3 is 2.95 bits per heavy atom. The Morgan fingerprint density at radius 2 is 2.33 bits per heavy atom. The van der Waals surface area contributed by atoms with E-state index in [1.807, 2.05) is 6.92 Å². The van der Waals surface area contributed by atoms with E-state index in [0.717, 1.165) is 19.5 Å². The van der Waals surface area contributed by atoms with E-state index in [1.165, 1.54) is 0 Å². The predicted molar refractivity (Wildman–Crippen MR) is 78.4 cm³/mol. The second kappa shape index (κ2) is 6.91. The number of ether oxygens (including phenoxy) is 1. The monoisotopic (exact) mass is 296 g/mol. The summed E-state index contributed by atoms with van der Waals surface area (Å²) < 4.78 is 5.04. The molecule has 2 amide bonds. The fourth-order valence-electron chi connectivity index (χ4n) is 2.74. The summed E-state index contributed by atoms with van der Waals surface area (Å²) >= 11 is 0. The topological polar surface area (TPSA) is 96.7 Å². The van der Waals surface area contributed by atoms with Gasteiger partial charge in [0, 0.05) is 24.8 Å². The van der Waals surface area contributed by atoms with Gasteiger partial charge in [-0.25, -0.2) is 9.59 Å². The van der Waals surface area contributed by atoms with E-state index in [9.17, 15) is 9.59 Å². The highest BCUT2D eigenvalue weighted by molar-refractivity contribution is 5.93. The highest BCUT2D eigenvalue weighted by Gasteiger charge is 2.29. The van der Waals surface area contributed by atoms with Crippen LogP contribution in [0.25, 0.3) is 0 Å². The van der Waals surface area contributed by atoms with E-state index in [1.54, 1.807) is 6.92 Å². The smallest absolute Gasteiger partial charge is 0.337 e. The molecule has 4 N–H and O–H groups in total. The van der Waals surface area contributed by atoms with Gasteiger partial charge in [0.15, 0.2) is 0 Å². The Labute approximate surface area is 124 Å². The average molecular weight is 296 g/mol. The molecule has 0 radical (unpaired) electrons. The molecule has 2 aliphatic rings. The third kappa shape index (κ3) is 3.95. The lowest BCUT2D eigenvalue weighted by atomic mass is 10.0. The fraction of sp³-hybridized carbons (Fsp3) is 0.714. The first-order valence-electron chi connectivity index (χ1n) is 7.43. The molecule has 0 bridgehead atoms. The van der Waals surface area contributed by atoms with Crippen molar-refractivity contribution in [2.24, 2.45) is 11.7 Å². The SMILES string of the molecule is CCOC(=O)C1=C(CN2CCC(C(C)N)C2)NC(=O)NC1. The van der Waals surface area contributed by atoms with Crippen LogP contribution in [0.3, 0.4) is 0 Å². The minimum Gasteiger partial charge on any atom is -0.463 e. The molecule has 118 valence electrons. The minimum absolute atomic E-state index is 0.163. The third-order valence-electron chi connectivity index (χ3n) is 4.01. The summed E-state index contributed by atoms with van der Waals surface area (Å²) in [4.78, 5) is 25.7. The van der Waals surface area contributed by atoms with Crippen LogP contribution < -0.4 is 16.4 Å². The van der Waals surface area contributed by atoms with Crippen molar-refractivity contribution >= 4 is 12.0 Å². The molecule has 7 heteroatoms. The van der Waals surface area contributed by atoms with Gasteiger partial charge in [-0.05, 0) is 32.7 Å². The lowest BCUT2D eigenvalue weighted by Gasteiger charge is -2.25. The minimum atomic E-state index is -0.372. The highest BCUT2D eigenvalue weighted by Crippen LogP contribution is 2.20. The molecule has 0 saturated carbocycles. The van der Waals surface area contributed by atoms with Gasteiger partial charge in [-0.3, -0.25) is 4.90 Å². The van der Waals surface area contributed by atoms with Crippen LogP contribution in [-0.2, 0) is 9.53 Å². The Hall–Kier alpha value is -1.60. The van der Waals surface area contributed by atoms with Crippen molar-refractivity contribution in [3.05, 3.63) is 11.3 Å². The average Bonchev–Trinajstić information content (AvgIpc) is 2.88. The molecule has 7 nitrogen and oxygen atoms in total. The lowest BCUT2D eigenvalue weighted by Crippen LogP contribution is -2.46. The summed E-state index contributed by atoms with van der Waals surface area (Å²) in [6.07, 6.45) is 1.05. The van der Waals surface area contributed by atoms with E-state index >= 15 is 0 Å². The summed E-state index contributed by atoms with van der Waals surface area (Å²) in [6.45, 7) is 6.68. The maximum Gasteiger partial charge on any atom is 0.337 e. The van der Waals surface area contributed by atoms with E-state index < -0.39 is 0 Å². The number of hydrogen-bond acceptors (Lipinski definition) is 5. The predicted octanol–water partition coefficient (Wildman–Crippen LogP) is -0.214. The normalized spacial score (nSPS) is 24.5. The van der Waals surface area contributed by atoms with Gasteiger partial charge in [-0.15, -0.1) is 0 Å². The maximum atomic E-state index is 12.0. The first kappa shape index (κ1) is 15.8. The summed E-state index contributed by atoms with van der Waals surface area (Å²) in [7, 11) is 0. The number of amides is 2. The largest absolute Gasteiger partial charge is 0.463 e. The van der Waals surface area contributed by atoms with Crippen molar-refractivity contribution in [3.8, 4) is 0 Å². The number of nitrogens with two attached hydrogens (primary N) is 1. The van der Waals surface area contributed by atoms with Gasteiger partial charge in [-0.1, -0.05) is 0 Å². The molecule has 2 atom stereocenters. The molecule has 2 rings (SSSR count). The van der Waals surface area contributed by atoms with Gasteiger partial charge in [0.2, 0.25) is 0 Å². The van der Waals surface area contributed by atoms with Gasteiger partial charge in [0.1, 0.15) is 0 Å². The van der Waals surface area contributed by atoms with Crippen molar-refractivity contribution < 1.29 is 14.3 Å². The standard InChI is InChI=1S/C14H24N4O3/c1-3-21-13(19)11-6-16-14(20)17-12(11)8-18-5-4-10(7-18)9(2)15/h9-10H,3-8,15H2,1-2H3,(H2,16,17,20). The number of esters is 1. The number of rotatable bonds is 5. The Morgan fingerprint density at radius 1 is 1.57 bits per heavy atom. The second-order valence-corrected chi connectivity index (χ2v) is 5.63. The number of hydrogen-bond donors (Lipinski definition) is 3. The summed E-state index contributed by atoms with van der Waals surface area (Å²) in [5.41, 5.74) is 7.08. The van der Waals surface area contributed by atoms with Crippen molar-refractivity contribution in [1.29, 1.82) is 0 Å². The molecule has 2 heterocycles. The van der Waals surface area contributed by atoms with Gasteiger partial charge >= 0.3 is 12.0 Å². The summed E-state index contributed by atoms with van der Waals surface area (Å²) in [6, 6.07) is -0.114. The summed E-state index contributed by atoms with van der Waals surface area (Å²) in [5.74, 6) is 0.0944. The van der Waals surface area contributed by atoms with E-state index in [-0.39, 0.29) is 24.6 Å². The first-order valence-corrected chi connectivity index (χ1v) is 7.43. The Kier molecular flexibility index (Phi) is 5.19. The second-order valence-electron chi connectivity index (χ2n) is 5.63. The van der Waals surface area contributed by atoms with Crippen molar-refractivity contribution in [1.82, 2.24) is 15.5 Å². The molecular formula is C14H24N4O3. The zero-order chi connectivity index (χ0) is 15.4. The van der Waals surface area contributed by atoms with Crippen LogP contribution in [0.15, 0.2) is 11.3 Å². The molecule has 1 fully saturated rings.